The highest BCUT2D eigenvalue weighted by Crippen LogP contribution is 2.26. The van der Waals surface area contributed by atoms with Gasteiger partial charge in [0.2, 0.25) is 0 Å². The molecule has 0 saturated heterocycles. The molecule has 26 heavy (non-hydrogen) atoms. The summed E-state index contributed by atoms with van der Waals surface area (Å²) >= 11 is 0. The van der Waals surface area contributed by atoms with Gasteiger partial charge in [-0.2, -0.15) is 0 Å². The third-order valence-corrected chi connectivity index (χ3v) is 6.16. The van der Waals surface area contributed by atoms with Gasteiger partial charge in [0.25, 0.3) is 18.1 Å². The van der Waals surface area contributed by atoms with Crippen molar-refractivity contribution in [1.82, 2.24) is 0 Å². The number of fused-ring (bicyclic) bond motifs is 2. The molecule has 0 amide bonds. The lowest BCUT2D eigenvalue weighted by Crippen LogP contribution is -1.89. The van der Waals surface area contributed by atoms with Crippen LogP contribution in [0.15, 0.2) is 79.7 Å². The second kappa shape index (κ2) is 6.96. The summed E-state index contributed by atoms with van der Waals surface area (Å²) in [5.74, 6) is 0. The molecule has 2 aromatic heterocycles. The topological polar surface area (TPSA) is 94.6 Å². The van der Waals surface area contributed by atoms with Crippen molar-refractivity contribution in [3.63, 3.8) is 0 Å². The van der Waals surface area contributed by atoms with Crippen LogP contribution in [0, 0.1) is 0 Å². The van der Waals surface area contributed by atoms with Gasteiger partial charge in [0, 0.05) is 38.2 Å². The maximum Gasteiger partial charge on any atom is 0.262 e. The summed E-state index contributed by atoms with van der Waals surface area (Å²) in [6.07, 6.45) is 2.92. The zero-order chi connectivity index (χ0) is 18.9. The molecule has 0 spiro atoms. The minimum atomic E-state index is -3.69. The van der Waals surface area contributed by atoms with Crippen LogP contribution in [-0.2, 0) is 18.1 Å². The maximum atomic E-state index is 11.1. The number of halogens is 2. The van der Waals surface area contributed by atoms with Crippen molar-refractivity contribution in [2.75, 3.05) is 0 Å². The van der Waals surface area contributed by atoms with E-state index >= 15 is 0 Å². The van der Waals surface area contributed by atoms with Crippen molar-refractivity contribution in [2.45, 2.75) is 9.79 Å². The number of furan rings is 2. The molecule has 0 unspecified atom stereocenters. The van der Waals surface area contributed by atoms with Crippen LogP contribution in [-0.4, -0.2) is 16.8 Å². The molecular formula is C16H10Cl2O6S2. The highest BCUT2D eigenvalue weighted by molar-refractivity contribution is 8.14. The van der Waals surface area contributed by atoms with Crippen molar-refractivity contribution in [1.29, 1.82) is 0 Å². The van der Waals surface area contributed by atoms with E-state index in [-0.39, 0.29) is 9.79 Å². The summed E-state index contributed by atoms with van der Waals surface area (Å²) in [5.41, 5.74) is 1.03. The zero-order valence-corrected chi connectivity index (χ0v) is 15.9. The predicted molar refractivity (Wildman–Crippen MR) is 98.5 cm³/mol. The molecule has 0 aliphatic rings. The molecule has 4 rings (SSSR count). The van der Waals surface area contributed by atoms with E-state index in [1.54, 1.807) is 30.3 Å². The number of benzene rings is 2. The molecule has 4 aromatic rings. The molecule has 136 valence electrons. The smallest absolute Gasteiger partial charge is 0.262 e. The first-order valence-corrected chi connectivity index (χ1v) is 11.6. The van der Waals surface area contributed by atoms with Gasteiger partial charge in [-0.25, -0.2) is 16.8 Å². The Morgan fingerprint density at radius 1 is 0.731 bits per heavy atom. The Morgan fingerprint density at radius 2 is 1.42 bits per heavy atom. The predicted octanol–water partition coefficient (Wildman–Crippen LogP) is 4.72. The largest absolute Gasteiger partial charge is 0.464 e. The van der Waals surface area contributed by atoms with E-state index in [1.165, 1.54) is 30.7 Å². The summed E-state index contributed by atoms with van der Waals surface area (Å²) in [6.45, 7) is 0. The molecule has 0 aliphatic carbocycles. The average molecular weight is 433 g/mol. The Bertz CT molecular complexity index is 1290. The SMILES string of the molecule is O=S(=O)(Cl)c1ccc2ccoc2c1.O=S(=O)(Cl)c1cccc2occc12. The Kier molecular flexibility index (Phi) is 5.03. The molecule has 2 heterocycles. The second-order valence-electron chi connectivity index (χ2n) is 5.08. The van der Waals surface area contributed by atoms with Gasteiger partial charge in [0.1, 0.15) is 11.2 Å². The molecule has 0 saturated carbocycles. The zero-order valence-electron chi connectivity index (χ0n) is 12.8. The fraction of sp³-hybridized carbons (Fsp3) is 0. The molecule has 0 aliphatic heterocycles. The van der Waals surface area contributed by atoms with Gasteiger partial charge < -0.3 is 8.83 Å². The van der Waals surface area contributed by atoms with Crippen molar-refractivity contribution >= 4 is 61.4 Å². The normalized spacial score (nSPS) is 12.1. The maximum absolute atomic E-state index is 11.1. The van der Waals surface area contributed by atoms with E-state index in [2.05, 4.69) is 0 Å². The van der Waals surface area contributed by atoms with Gasteiger partial charge in [-0.1, -0.05) is 6.07 Å². The average Bonchev–Trinajstić information content (AvgIpc) is 3.21. The Hall–Kier alpha value is -2.00. The molecule has 0 radical (unpaired) electrons. The Morgan fingerprint density at radius 3 is 2.12 bits per heavy atom. The molecule has 0 atom stereocenters. The second-order valence-corrected chi connectivity index (χ2v) is 10.2. The van der Waals surface area contributed by atoms with E-state index < -0.39 is 18.1 Å². The van der Waals surface area contributed by atoms with E-state index in [1.807, 2.05) is 0 Å². The number of hydrogen-bond acceptors (Lipinski definition) is 6. The van der Waals surface area contributed by atoms with Gasteiger partial charge in [0.05, 0.1) is 22.3 Å². The van der Waals surface area contributed by atoms with Crippen LogP contribution >= 0.6 is 21.4 Å². The summed E-state index contributed by atoms with van der Waals surface area (Å²) in [4.78, 5) is 0.136. The summed E-state index contributed by atoms with van der Waals surface area (Å²) in [7, 11) is 3.03. The van der Waals surface area contributed by atoms with Gasteiger partial charge in [-0.3, -0.25) is 0 Å². The van der Waals surface area contributed by atoms with Gasteiger partial charge >= 0.3 is 0 Å². The van der Waals surface area contributed by atoms with E-state index in [0.29, 0.717) is 16.6 Å². The summed E-state index contributed by atoms with van der Waals surface area (Å²) in [5, 5.41) is 1.36. The Balaban J connectivity index is 0.000000151. The fourth-order valence-corrected chi connectivity index (χ4v) is 4.11. The molecular weight excluding hydrogens is 423 g/mol. The molecule has 6 nitrogen and oxygen atoms in total. The fourth-order valence-electron chi connectivity index (χ4n) is 2.27. The van der Waals surface area contributed by atoms with E-state index in [0.717, 1.165) is 5.39 Å². The van der Waals surface area contributed by atoms with Crippen LogP contribution in [0.4, 0.5) is 0 Å². The van der Waals surface area contributed by atoms with E-state index in [9.17, 15) is 16.8 Å². The quantitative estimate of drug-likeness (QED) is 0.425. The lowest BCUT2D eigenvalue weighted by Gasteiger charge is -1.95. The Labute approximate surface area is 157 Å². The lowest BCUT2D eigenvalue weighted by molar-refractivity contribution is 0.605. The molecule has 0 bridgehead atoms. The monoisotopic (exact) mass is 432 g/mol. The van der Waals surface area contributed by atoms with Crippen LogP contribution < -0.4 is 0 Å². The minimum Gasteiger partial charge on any atom is -0.464 e. The van der Waals surface area contributed by atoms with Crippen LogP contribution in [0.2, 0.25) is 0 Å². The van der Waals surface area contributed by atoms with Gasteiger partial charge in [-0.05, 0) is 36.4 Å². The first kappa shape index (κ1) is 18.8. The van der Waals surface area contributed by atoms with Crippen LogP contribution in [0.25, 0.3) is 21.9 Å². The first-order chi connectivity index (χ1) is 12.2. The standard InChI is InChI=1S/2C8H5ClO3S/c9-13(10,11)7-2-1-6-3-4-12-8(6)5-7;9-13(10,11)8-3-1-2-7-6(8)4-5-12-7/h2*1-5H. The van der Waals surface area contributed by atoms with Crippen molar-refractivity contribution in [3.05, 3.63) is 61.1 Å². The first-order valence-electron chi connectivity index (χ1n) is 6.99. The molecule has 0 N–H and O–H groups in total. The molecule has 10 heteroatoms. The third kappa shape index (κ3) is 4.04. The summed E-state index contributed by atoms with van der Waals surface area (Å²) < 4.78 is 54.0. The summed E-state index contributed by atoms with van der Waals surface area (Å²) in [6, 6.07) is 12.5. The highest BCUT2D eigenvalue weighted by Gasteiger charge is 2.14. The van der Waals surface area contributed by atoms with Crippen LogP contribution in [0.3, 0.4) is 0 Å². The van der Waals surface area contributed by atoms with Crippen molar-refractivity contribution < 1.29 is 25.7 Å². The highest BCUT2D eigenvalue weighted by atomic mass is 35.7. The van der Waals surface area contributed by atoms with Gasteiger partial charge in [-0.15, -0.1) is 0 Å². The number of rotatable bonds is 2. The number of hydrogen-bond donors (Lipinski definition) is 0. The molecule has 0 fully saturated rings. The van der Waals surface area contributed by atoms with Crippen LogP contribution in [0.1, 0.15) is 0 Å². The van der Waals surface area contributed by atoms with Gasteiger partial charge in [0.15, 0.2) is 0 Å². The lowest BCUT2D eigenvalue weighted by atomic mass is 10.3. The van der Waals surface area contributed by atoms with Crippen molar-refractivity contribution in [3.8, 4) is 0 Å². The van der Waals surface area contributed by atoms with Crippen molar-refractivity contribution in [2.24, 2.45) is 0 Å². The van der Waals surface area contributed by atoms with Crippen LogP contribution in [0.5, 0.6) is 0 Å². The minimum absolute atomic E-state index is 0.0524. The molecule has 2 aromatic carbocycles. The third-order valence-electron chi connectivity index (χ3n) is 3.43. The van der Waals surface area contributed by atoms with E-state index in [4.69, 9.17) is 30.2 Å².